The van der Waals surface area contributed by atoms with E-state index >= 15 is 0 Å². The highest BCUT2D eigenvalue weighted by atomic mass is 32.2. The second-order valence-electron chi connectivity index (χ2n) is 8.76. The molecule has 190 valence electrons. The molecule has 1 N–H and O–H groups in total. The molecule has 2 fully saturated rings. The van der Waals surface area contributed by atoms with Gasteiger partial charge in [0.25, 0.3) is 5.91 Å². The van der Waals surface area contributed by atoms with Crippen LogP contribution in [0.2, 0.25) is 0 Å². The van der Waals surface area contributed by atoms with Gasteiger partial charge in [-0.2, -0.15) is 8.61 Å². The number of sulfonamides is 2. The first-order chi connectivity index (χ1) is 16.8. The van der Waals surface area contributed by atoms with Gasteiger partial charge >= 0.3 is 0 Å². The first-order valence-corrected chi connectivity index (χ1v) is 14.7. The lowest BCUT2D eigenvalue weighted by Crippen LogP contribution is -2.35. The molecule has 0 aromatic heterocycles. The van der Waals surface area contributed by atoms with Crippen LogP contribution >= 0.6 is 0 Å². The average molecular weight is 522 g/mol. The largest absolute Gasteiger partial charge is 0.484 e. The number of nitrogens with zero attached hydrogens (tertiary/aromatic N) is 2. The predicted octanol–water partition coefficient (Wildman–Crippen LogP) is 2.34. The Labute approximate surface area is 207 Å². The molecule has 2 aliphatic heterocycles. The fourth-order valence-electron chi connectivity index (χ4n) is 4.22. The lowest BCUT2D eigenvalue weighted by Gasteiger charge is -2.25. The number of hydrogen-bond donors (Lipinski definition) is 1. The van der Waals surface area contributed by atoms with Crippen LogP contribution in [0.5, 0.6) is 5.75 Å². The van der Waals surface area contributed by atoms with Crippen molar-refractivity contribution in [1.82, 2.24) is 13.9 Å². The zero-order valence-electron chi connectivity index (χ0n) is 19.6. The van der Waals surface area contributed by atoms with Crippen molar-refractivity contribution in [3.63, 3.8) is 0 Å². The Hall–Kier alpha value is -2.47. The summed E-state index contributed by atoms with van der Waals surface area (Å²) in [7, 11) is -6.97. The molecule has 11 heteroatoms. The van der Waals surface area contributed by atoms with Gasteiger partial charge in [-0.3, -0.25) is 4.79 Å². The molecule has 0 unspecified atom stereocenters. The molecule has 2 aromatic carbocycles. The summed E-state index contributed by atoms with van der Waals surface area (Å²) in [5.41, 5.74) is 0.771. The van der Waals surface area contributed by atoms with Gasteiger partial charge < -0.3 is 10.1 Å². The van der Waals surface area contributed by atoms with E-state index in [4.69, 9.17) is 4.74 Å². The van der Waals surface area contributed by atoms with Crippen molar-refractivity contribution in [2.24, 2.45) is 0 Å². The van der Waals surface area contributed by atoms with E-state index in [0.717, 1.165) is 37.7 Å². The highest BCUT2D eigenvalue weighted by molar-refractivity contribution is 7.89. The molecular formula is C24H31N3O6S2. The minimum Gasteiger partial charge on any atom is -0.484 e. The molecule has 0 saturated carbocycles. The van der Waals surface area contributed by atoms with Crippen molar-refractivity contribution in [2.45, 2.75) is 48.4 Å². The van der Waals surface area contributed by atoms with E-state index in [9.17, 15) is 21.6 Å². The van der Waals surface area contributed by atoms with E-state index in [1.807, 2.05) is 0 Å². The Bertz CT molecular complexity index is 1220. The lowest BCUT2D eigenvalue weighted by atomic mass is 10.2. The van der Waals surface area contributed by atoms with Gasteiger partial charge in [-0.1, -0.05) is 18.6 Å². The van der Waals surface area contributed by atoms with Gasteiger partial charge in [0.05, 0.1) is 9.79 Å². The van der Waals surface area contributed by atoms with Crippen LogP contribution in [0.25, 0.3) is 0 Å². The van der Waals surface area contributed by atoms with Crippen LogP contribution in [0.15, 0.2) is 58.3 Å². The maximum Gasteiger partial charge on any atom is 0.258 e. The SMILES string of the molecule is O=C(COc1ccc(S(=O)(=O)N2CCCC2)cc1)NCc1ccc(S(=O)(=O)N2CCCCC2)cc1. The molecule has 1 amide bonds. The third kappa shape index (κ3) is 6.21. The van der Waals surface area contributed by atoms with Crippen LogP contribution in [0, 0.1) is 0 Å². The van der Waals surface area contributed by atoms with Gasteiger partial charge in [0.15, 0.2) is 6.61 Å². The molecule has 0 spiro atoms. The van der Waals surface area contributed by atoms with Crippen molar-refractivity contribution < 1.29 is 26.4 Å². The minimum absolute atomic E-state index is 0.210. The zero-order chi connectivity index (χ0) is 24.9. The molecule has 2 aromatic rings. The number of benzene rings is 2. The maximum atomic E-state index is 12.7. The summed E-state index contributed by atoms with van der Waals surface area (Å²) >= 11 is 0. The zero-order valence-corrected chi connectivity index (χ0v) is 21.2. The lowest BCUT2D eigenvalue weighted by molar-refractivity contribution is -0.123. The molecule has 0 radical (unpaired) electrons. The summed E-state index contributed by atoms with van der Waals surface area (Å²) in [4.78, 5) is 12.6. The summed E-state index contributed by atoms with van der Waals surface area (Å²) in [6, 6.07) is 12.6. The van der Waals surface area contributed by atoms with Gasteiger partial charge in [0.2, 0.25) is 20.0 Å². The Morgan fingerprint density at radius 3 is 1.69 bits per heavy atom. The van der Waals surface area contributed by atoms with Crippen molar-refractivity contribution in [3.05, 3.63) is 54.1 Å². The molecule has 2 aliphatic rings. The predicted molar refractivity (Wildman–Crippen MR) is 131 cm³/mol. The smallest absolute Gasteiger partial charge is 0.258 e. The van der Waals surface area contributed by atoms with Crippen molar-refractivity contribution in [1.29, 1.82) is 0 Å². The second-order valence-corrected chi connectivity index (χ2v) is 12.6. The van der Waals surface area contributed by atoms with Crippen LogP contribution in [0.4, 0.5) is 0 Å². The Morgan fingerprint density at radius 1 is 0.714 bits per heavy atom. The first kappa shape index (κ1) is 25.6. The normalized spacial score (nSPS) is 17.8. The maximum absolute atomic E-state index is 12.7. The van der Waals surface area contributed by atoms with Crippen LogP contribution in [0.1, 0.15) is 37.7 Å². The summed E-state index contributed by atoms with van der Waals surface area (Å²) in [5.74, 6) is 0.0524. The van der Waals surface area contributed by atoms with E-state index in [1.165, 1.54) is 32.9 Å². The Morgan fingerprint density at radius 2 is 1.17 bits per heavy atom. The van der Waals surface area contributed by atoms with Gasteiger partial charge in [-0.05, 0) is 67.6 Å². The van der Waals surface area contributed by atoms with Crippen molar-refractivity contribution in [2.75, 3.05) is 32.8 Å². The van der Waals surface area contributed by atoms with E-state index in [-0.39, 0.29) is 28.8 Å². The van der Waals surface area contributed by atoms with E-state index in [0.29, 0.717) is 31.9 Å². The van der Waals surface area contributed by atoms with Crippen molar-refractivity contribution in [3.8, 4) is 5.75 Å². The number of ether oxygens (including phenoxy) is 1. The van der Waals surface area contributed by atoms with Gasteiger partial charge in [0, 0.05) is 32.7 Å². The Balaban J connectivity index is 1.25. The summed E-state index contributed by atoms with van der Waals surface area (Å²) in [5, 5.41) is 2.74. The van der Waals surface area contributed by atoms with Crippen LogP contribution < -0.4 is 10.1 Å². The number of amides is 1. The van der Waals surface area contributed by atoms with Crippen LogP contribution in [0.3, 0.4) is 0 Å². The summed E-state index contributed by atoms with van der Waals surface area (Å²) in [6.45, 7) is 2.20. The first-order valence-electron chi connectivity index (χ1n) is 11.9. The molecule has 2 saturated heterocycles. The fraction of sp³-hybridized carbons (Fsp3) is 0.458. The van der Waals surface area contributed by atoms with Crippen LogP contribution in [-0.4, -0.2) is 64.1 Å². The molecule has 0 aliphatic carbocycles. The molecule has 4 rings (SSSR count). The van der Waals surface area contributed by atoms with E-state index in [1.54, 1.807) is 24.3 Å². The fourth-order valence-corrected chi connectivity index (χ4v) is 7.25. The highest BCUT2D eigenvalue weighted by Crippen LogP contribution is 2.23. The number of rotatable bonds is 9. The minimum atomic E-state index is -3.49. The van der Waals surface area contributed by atoms with Gasteiger partial charge in [0.1, 0.15) is 5.75 Å². The second kappa shape index (κ2) is 11.1. The number of nitrogens with one attached hydrogen (secondary N) is 1. The highest BCUT2D eigenvalue weighted by Gasteiger charge is 2.27. The number of carbonyl (C=O) groups is 1. The number of carbonyl (C=O) groups excluding carboxylic acids is 1. The third-order valence-electron chi connectivity index (χ3n) is 6.26. The standard InChI is InChI=1S/C24H31N3O6S2/c28-24(19-33-21-8-12-23(13-9-21)35(31,32)27-16-4-5-17-27)25-18-20-6-10-22(11-7-20)34(29,30)26-14-2-1-3-15-26/h6-13H,1-5,14-19H2,(H,25,28). The average Bonchev–Trinajstić information content (AvgIpc) is 3.43. The monoisotopic (exact) mass is 521 g/mol. The molecule has 2 heterocycles. The quantitative estimate of drug-likeness (QED) is 0.542. The molecule has 0 atom stereocenters. The molecule has 9 nitrogen and oxygen atoms in total. The summed E-state index contributed by atoms with van der Waals surface area (Å²) < 4.78 is 59.1. The summed E-state index contributed by atoms with van der Waals surface area (Å²) in [6.07, 6.45) is 4.57. The number of hydrogen-bond acceptors (Lipinski definition) is 6. The van der Waals surface area contributed by atoms with Crippen LogP contribution in [-0.2, 0) is 31.4 Å². The molecular weight excluding hydrogens is 490 g/mol. The van der Waals surface area contributed by atoms with E-state index < -0.39 is 20.0 Å². The molecule has 0 bridgehead atoms. The topological polar surface area (TPSA) is 113 Å². The van der Waals surface area contributed by atoms with Gasteiger partial charge in [-0.15, -0.1) is 0 Å². The van der Waals surface area contributed by atoms with Gasteiger partial charge in [-0.25, -0.2) is 16.8 Å². The van der Waals surface area contributed by atoms with Crippen molar-refractivity contribution >= 4 is 26.0 Å². The van der Waals surface area contributed by atoms with E-state index in [2.05, 4.69) is 5.32 Å². The number of piperidine rings is 1. The Kier molecular flexibility index (Phi) is 8.10. The molecule has 35 heavy (non-hydrogen) atoms. The third-order valence-corrected chi connectivity index (χ3v) is 10.1.